The van der Waals surface area contributed by atoms with Gasteiger partial charge in [-0.25, -0.2) is 27.0 Å². The van der Waals surface area contributed by atoms with Gasteiger partial charge in [0.1, 0.15) is 11.6 Å². The van der Waals surface area contributed by atoms with E-state index < -0.39 is 38.5 Å². The van der Waals surface area contributed by atoms with E-state index in [0.717, 1.165) is 40.0 Å². The Morgan fingerprint density at radius 2 is 1.78 bits per heavy atom. The molecule has 0 saturated carbocycles. The highest BCUT2D eigenvalue weighted by atomic mass is 32.2. The molecule has 0 spiro atoms. The number of carbonyl (C=O) groups is 1. The van der Waals surface area contributed by atoms with E-state index >= 15 is 0 Å². The molecule has 1 amide bonds. The molecule has 0 aliphatic heterocycles. The van der Waals surface area contributed by atoms with Crippen molar-refractivity contribution in [1.82, 2.24) is 9.88 Å². The van der Waals surface area contributed by atoms with Gasteiger partial charge in [0.15, 0.2) is 10.7 Å². The largest absolute Gasteiger partial charge is 0.464 e. The Morgan fingerprint density at radius 1 is 1.16 bits per heavy atom. The van der Waals surface area contributed by atoms with Crippen LogP contribution in [0.1, 0.15) is 11.1 Å². The minimum atomic E-state index is -5.09. The lowest BCUT2D eigenvalue weighted by molar-refractivity contribution is 0.206. The van der Waals surface area contributed by atoms with Crippen LogP contribution < -0.4 is 9.62 Å². The van der Waals surface area contributed by atoms with Gasteiger partial charge in [-0.3, -0.25) is 0 Å². The number of hydrogen-bond acceptors (Lipinski definition) is 7. The summed E-state index contributed by atoms with van der Waals surface area (Å²) < 4.78 is 54.8. The summed E-state index contributed by atoms with van der Waals surface area (Å²) in [5.74, 6) is -3.31. The Balaban J connectivity index is 1.90. The number of sulfonamides is 1. The van der Waals surface area contributed by atoms with Crippen molar-refractivity contribution < 1.29 is 27.1 Å². The predicted molar refractivity (Wildman–Crippen MR) is 117 cm³/mol. The fraction of sp³-hybridized carbons (Fsp3) is 0.200. The third-order valence-corrected chi connectivity index (χ3v) is 6.69. The van der Waals surface area contributed by atoms with Gasteiger partial charge in [0.25, 0.3) is 10.0 Å². The molecule has 1 aromatic heterocycles. The van der Waals surface area contributed by atoms with Crippen LogP contribution in [0.15, 0.2) is 52.2 Å². The van der Waals surface area contributed by atoms with E-state index in [4.69, 9.17) is 0 Å². The molecule has 32 heavy (non-hydrogen) atoms. The van der Waals surface area contributed by atoms with Crippen molar-refractivity contribution in [2.45, 2.75) is 18.0 Å². The molecule has 0 radical (unpaired) electrons. The molecule has 1 heterocycles. The van der Waals surface area contributed by atoms with Gasteiger partial charge < -0.3 is 15.3 Å². The second-order valence-electron chi connectivity index (χ2n) is 7.03. The number of hydrogen-bond donors (Lipinski definition) is 2. The SMILES string of the molecule is CN(C)Cc1ccccc1CNc1cc(F)c(S(=O)(=O)N(C(=O)O)c2cscn2)c(F)c1. The van der Waals surface area contributed by atoms with Gasteiger partial charge >= 0.3 is 6.09 Å². The van der Waals surface area contributed by atoms with Crippen LogP contribution in [0, 0.1) is 11.6 Å². The minimum Gasteiger partial charge on any atom is -0.464 e. The first-order valence-corrected chi connectivity index (χ1v) is 11.6. The quantitative estimate of drug-likeness (QED) is 0.501. The monoisotopic (exact) mass is 482 g/mol. The van der Waals surface area contributed by atoms with E-state index in [1.54, 1.807) is 0 Å². The Kier molecular flexibility index (Phi) is 7.06. The Bertz CT molecular complexity index is 1200. The minimum absolute atomic E-state index is 0.00846. The van der Waals surface area contributed by atoms with Crippen LogP contribution in [0.5, 0.6) is 0 Å². The number of carboxylic acid groups (broad SMARTS) is 1. The van der Waals surface area contributed by atoms with Crippen molar-refractivity contribution in [2.24, 2.45) is 0 Å². The fourth-order valence-corrected chi connectivity index (χ4v) is 4.98. The van der Waals surface area contributed by atoms with E-state index in [1.165, 1.54) is 5.51 Å². The van der Waals surface area contributed by atoms with Crippen molar-refractivity contribution in [3.63, 3.8) is 0 Å². The highest BCUT2D eigenvalue weighted by Crippen LogP contribution is 2.29. The molecule has 2 aromatic carbocycles. The molecule has 0 unspecified atom stereocenters. The lowest BCUT2D eigenvalue weighted by atomic mass is 10.1. The maximum absolute atomic E-state index is 14.7. The third kappa shape index (κ3) is 5.03. The number of nitrogens with zero attached hydrogens (tertiary/aromatic N) is 3. The van der Waals surface area contributed by atoms with Crippen molar-refractivity contribution >= 4 is 39.0 Å². The van der Waals surface area contributed by atoms with Gasteiger partial charge in [0, 0.05) is 24.2 Å². The van der Waals surface area contributed by atoms with E-state index in [9.17, 15) is 27.1 Å². The summed E-state index contributed by atoms with van der Waals surface area (Å²) in [7, 11) is -1.26. The number of halogens is 2. The molecule has 2 N–H and O–H groups in total. The summed E-state index contributed by atoms with van der Waals surface area (Å²) >= 11 is 0.936. The lowest BCUT2D eigenvalue weighted by Crippen LogP contribution is -2.37. The van der Waals surface area contributed by atoms with Crippen LogP contribution >= 0.6 is 11.3 Å². The van der Waals surface area contributed by atoms with Crippen LogP contribution in [0.4, 0.5) is 25.1 Å². The molecule has 0 bridgehead atoms. The predicted octanol–water partition coefficient (Wildman–Crippen LogP) is 3.97. The van der Waals surface area contributed by atoms with E-state index in [0.29, 0.717) is 6.54 Å². The van der Waals surface area contributed by atoms with Crippen LogP contribution in [-0.4, -0.2) is 43.6 Å². The van der Waals surface area contributed by atoms with E-state index in [2.05, 4.69) is 10.3 Å². The Labute approximate surface area is 187 Å². The highest BCUT2D eigenvalue weighted by Gasteiger charge is 2.37. The summed E-state index contributed by atoms with van der Waals surface area (Å²) in [5, 5.41) is 13.3. The topological polar surface area (TPSA) is 103 Å². The summed E-state index contributed by atoms with van der Waals surface area (Å²) in [6, 6.07) is 9.16. The van der Waals surface area contributed by atoms with Crippen molar-refractivity contribution in [3.05, 3.63) is 70.1 Å². The average molecular weight is 483 g/mol. The first kappa shape index (κ1) is 23.6. The normalized spacial score (nSPS) is 11.5. The summed E-state index contributed by atoms with van der Waals surface area (Å²) in [4.78, 5) is 15.8. The molecule has 8 nitrogen and oxygen atoms in total. The zero-order valence-electron chi connectivity index (χ0n) is 17.1. The fourth-order valence-electron chi connectivity index (χ4n) is 3.05. The molecule has 0 atom stereocenters. The summed E-state index contributed by atoms with van der Waals surface area (Å²) in [6.45, 7) is 0.911. The van der Waals surface area contributed by atoms with Gasteiger partial charge in [-0.1, -0.05) is 24.3 Å². The van der Waals surface area contributed by atoms with Crippen LogP contribution in [0.3, 0.4) is 0 Å². The lowest BCUT2D eigenvalue weighted by Gasteiger charge is -2.18. The standard InChI is InChI=1S/C20H20F2N4O4S2/c1-25(2)10-14-6-4-3-5-13(14)9-23-15-7-16(21)19(17(22)8-15)32(29,30)26(20(27)28)18-11-31-12-24-18/h3-8,11-12,23H,9-10H2,1-2H3,(H,27,28). The number of rotatable bonds is 8. The van der Waals surface area contributed by atoms with Gasteiger partial charge in [0.05, 0.1) is 5.51 Å². The zero-order chi connectivity index (χ0) is 23.5. The van der Waals surface area contributed by atoms with Gasteiger partial charge in [0.2, 0.25) is 0 Å². The first-order chi connectivity index (χ1) is 15.1. The first-order valence-electron chi connectivity index (χ1n) is 9.22. The van der Waals surface area contributed by atoms with E-state index in [1.807, 2.05) is 43.3 Å². The molecule has 0 fully saturated rings. The van der Waals surface area contributed by atoms with Crippen molar-refractivity contribution in [1.29, 1.82) is 0 Å². The second kappa shape index (κ2) is 9.59. The molecule has 0 aliphatic carbocycles. The van der Waals surface area contributed by atoms with Gasteiger partial charge in [-0.05, 0) is 37.4 Å². The highest BCUT2D eigenvalue weighted by molar-refractivity contribution is 7.93. The van der Waals surface area contributed by atoms with Crippen LogP contribution in [-0.2, 0) is 23.1 Å². The number of nitrogens with one attached hydrogen (secondary N) is 1. The average Bonchev–Trinajstić information content (AvgIpc) is 3.19. The molecule has 0 aliphatic rings. The number of aromatic nitrogens is 1. The van der Waals surface area contributed by atoms with Crippen molar-refractivity contribution in [3.8, 4) is 0 Å². The Morgan fingerprint density at radius 3 is 2.31 bits per heavy atom. The number of anilines is 2. The maximum Gasteiger partial charge on any atom is 0.427 e. The number of benzene rings is 2. The second-order valence-corrected chi connectivity index (χ2v) is 9.47. The summed E-state index contributed by atoms with van der Waals surface area (Å²) in [6.07, 6.45) is -1.94. The summed E-state index contributed by atoms with van der Waals surface area (Å²) in [5.41, 5.74) is 3.13. The molecule has 12 heteroatoms. The van der Waals surface area contributed by atoms with E-state index in [-0.39, 0.29) is 16.5 Å². The third-order valence-electron chi connectivity index (χ3n) is 4.39. The number of thiazole rings is 1. The molecule has 170 valence electrons. The van der Waals surface area contributed by atoms with Crippen LogP contribution in [0.25, 0.3) is 0 Å². The maximum atomic E-state index is 14.7. The van der Waals surface area contributed by atoms with Gasteiger partial charge in [-0.15, -0.1) is 15.6 Å². The zero-order valence-corrected chi connectivity index (χ0v) is 18.8. The molecule has 3 rings (SSSR count). The molecule has 0 saturated heterocycles. The van der Waals surface area contributed by atoms with Gasteiger partial charge in [-0.2, -0.15) is 0 Å². The molecule has 3 aromatic rings. The smallest absolute Gasteiger partial charge is 0.427 e. The number of amides is 1. The Hall–Kier alpha value is -3.09. The van der Waals surface area contributed by atoms with Crippen LogP contribution in [0.2, 0.25) is 0 Å². The molecular formula is C20H20F2N4O4S2. The van der Waals surface area contributed by atoms with Crippen molar-refractivity contribution in [2.75, 3.05) is 23.7 Å². The molecular weight excluding hydrogens is 462 g/mol.